The van der Waals surface area contributed by atoms with Crippen molar-refractivity contribution in [3.05, 3.63) is 114 Å². The number of hydrogen-bond acceptors (Lipinski definition) is 5. The lowest BCUT2D eigenvalue weighted by Gasteiger charge is -2.13. The fourth-order valence-electron chi connectivity index (χ4n) is 4.98. The molecule has 42 heavy (non-hydrogen) atoms. The van der Waals surface area contributed by atoms with Gasteiger partial charge in [0.15, 0.2) is 0 Å². The average Bonchev–Trinajstić information content (AvgIpc) is 3.56. The van der Waals surface area contributed by atoms with E-state index in [4.69, 9.17) is 4.42 Å². The number of nitrogens with one attached hydrogen (secondary N) is 1. The molecule has 0 saturated heterocycles. The second kappa shape index (κ2) is 11.6. The molecular weight excluding hydrogens is 546 g/mol. The molecule has 6 rings (SSSR count). The molecule has 8 heteroatoms. The monoisotopic (exact) mass is 575 g/mol. The number of carboxylic acid groups (broad SMARTS) is 1. The first-order valence-corrected chi connectivity index (χ1v) is 14.7. The topological polar surface area (TPSA) is 97.4 Å². The minimum atomic E-state index is -1.07. The summed E-state index contributed by atoms with van der Waals surface area (Å²) in [4.78, 5) is 24.2. The van der Waals surface area contributed by atoms with Gasteiger partial charge in [-0.15, -0.1) is 0 Å². The highest BCUT2D eigenvalue weighted by Crippen LogP contribution is 2.36. The molecule has 4 aromatic carbocycles. The number of aryl methyl sites for hydroxylation is 2. The van der Waals surface area contributed by atoms with E-state index < -0.39 is 17.9 Å². The first-order valence-electron chi connectivity index (χ1n) is 13.6. The highest BCUT2D eigenvalue weighted by atomic mass is 32.2. The number of rotatable bonds is 9. The molecule has 1 atom stereocenters. The Morgan fingerprint density at radius 3 is 2.26 bits per heavy atom. The largest absolute Gasteiger partial charge is 0.480 e. The fourth-order valence-corrected chi connectivity index (χ4v) is 5.99. The number of para-hydroxylation sites is 2. The van der Waals surface area contributed by atoms with Gasteiger partial charge in [0.2, 0.25) is 0 Å². The molecule has 7 nitrogen and oxygen atoms in total. The van der Waals surface area contributed by atoms with Crippen molar-refractivity contribution in [3.63, 3.8) is 0 Å². The summed E-state index contributed by atoms with van der Waals surface area (Å²) in [6.07, 6.45) is 0. The summed E-state index contributed by atoms with van der Waals surface area (Å²) in [6, 6.07) is 31.7. The summed E-state index contributed by atoms with van der Waals surface area (Å²) in [5.74, 6) is -0.688. The van der Waals surface area contributed by atoms with Gasteiger partial charge in [-0.3, -0.25) is 9.48 Å². The zero-order valence-corrected chi connectivity index (χ0v) is 24.0. The summed E-state index contributed by atoms with van der Waals surface area (Å²) >= 11 is 1.46. The van der Waals surface area contributed by atoms with Crippen molar-refractivity contribution >= 4 is 45.6 Å². The summed E-state index contributed by atoms with van der Waals surface area (Å²) in [5.41, 5.74) is 8.24. The summed E-state index contributed by atoms with van der Waals surface area (Å²) in [5, 5.41) is 18.5. The third-order valence-electron chi connectivity index (χ3n) is 7.39. The molecule has 0 aliphatic heterocycles. The van der Waals surface area contributed by atoms with Crippen molar-refractivity contribution in [2.24, 2.45) is 7.05 Å². The van der Waals surface area contributed by atoms with Gasteiger partial charge in [0, 0.05) is 40.6 Å². The van der Waals surface area contributed by atoms with Gasteiger partial charge in [-0.1, -0.05) is 84.9 Å². The van der Waals surface area contributed by atoms with Gasteiger partial charge in [0.05, 0.1) is 0 Å². The van der Waals surface area contributed by atoms with Crippen molar-refractivity contribution in [3.8, 4) is 22.3 Å². The minimum Gasteiger partial charge on any atom is -0.480 e. The Labute approximate surface area is 247 Å². The second-order valence-corrected chi connectivity index (χ2v) is 11.3. The molecule has 0 aliphatic rings. The normalized spacial score (nSPS) is 12.0. The minimum absolute atomic E-state index is 0.210. The highest BCUT2D eigenvalue weighted by Gasteiger charge is 2.22. The Kier molecular flexibility index (Phi) is 7.54. The number of aliphatic carboxylic acids is 1. The van der Waals surface area contributed by atoms with Gasteiger partial charge in [0.1, 0.15) is 22.9 Å². The van der Waals surface area contributed by atoms with Gasteiger partial charge >= 0.3 is 5.97 Å². The van der Waals surface area contributed by atoms with Gasteiger partial charge < -0.3 is 14.8 Å². The van der Waals surface area contributed by atoms with Crippen molar-refractivity contribution in [2.45, 2.75) is 18.7 Å². The molecule has 0 aliphatic carbocycles. The Morgan fingerprint density at radius 1 is 0.905 bits per heavy atom. The van der Waals surface area contributed by atoms with Crippen LogP contribution in [0.2, 0.25) is 0 Å². The van der Waals surface area contributed by atoms with Crippen LogP contribution in [0, 0.1) is 6.92 Å². The van der Waals surface area contributed by atoms with E-state index in [1.54, 1.807) is 17.8 Å². The lowest BCUT2D eigenvalue weighted by molar-refractivity contribution is -0.138. The number of carboxylic acids is 1. The van der Waals surface area contributed by atoms with E-state index in [0.717, 1.165) is 55.4 Å². The SMILES string of the molecule is Cc1cc(C(=O)NC(CSCc2ccc(-c3ccc(-c4cccc5c4oc4ccccc45)cc3)cc2)C(=O)O)nn1C. The Balaban J connectivity index is 1.09. The molecule has 1 amide bonds. The molecule has 0 bridgehead atoms. The highest BCUT2D eigenvalue weighted by molar-refractivity contribution is 7.98. The molecular formula is C34H29N3O4S. The van der Waals surface area contributed by atoms with Crippen LogP contribution in [-0.4, -0.2) is 38.6 Å². The van der Waals surface area contributed by atoms with E-state index in [2.05, 4.69) is 83.2 Å². The number of benzene rings is 4. The van der Waals surface area contributed by atoms with Crippen molar-refractivity contribution in [2.75, 3.05) is 5.75 Å². The number of furan rings is 1. The van der Waals surface area contributed by atoms with Crippen LogP contribution in [0.15, 0.2) is 101 Å². The van der Waals surface area contributed by atoms with Crippen LogP contribution in [0.4, 0.5) is 0 Å². The number of fused-ring (bicyclic) bond motifs is 3. The summed E-state index contributed by atoms with van der Waals surface area (Å²) < 4.78 is 7.79. The number of hydrogen-bond donors (Lipinski definition) is 2. The molecule has 210 valence electrons. The van der Waals surface area contributed by atoms with Crippen LogP contribution in [0.3, 0.4) is 0 Å². The van der Waals surface area contributed by atoms with Gasteiger partial charge in [-0.25, -0.2) is 4.79 Å². The predicted octanol–water partition coefficient (Wildman–Crippen LogP) is 7.08. The van der Waals surface area contributed by atoms with E-state index in [0.29, 0.717) is 5.75 Å². The van der Waals surface area contributed by atoms with E-state index in [9.17, 15) is 14.7 Å². The van der Waals surface area contributed by atoms with Crippen molar-refractivity contribution in [1.82, 2.24) is 15.1 Å². The van der Waals surface area contributed by atoms with E-state index in [-0.39, 0.29) is 11.4 Å². The van der Waals surface area contributed by atoms with Crippen LogP contribution < -0.4 is 5.32 Å². The first kappa shape index (κ1) is 27.4. The number of amides is 1. The van der Waals surface area contributed by atoms with Crippen LogP contribution >= 0.6 is 11.8 Å². The lowest BCUT2D eigenvalue weighted by atomic mass is 9.98. The smallest absolute Gasteiger partial charge is 0.327 e. The molecule has 0 radical (unpaired) electrons. The van der Waals surface area contributed by atoms with Crippen LogP contribution in [0.5, 0.6) is 0 Å². The maximum absolute atomic E-state index is 12.5. The molecule has 2 N–H and O–H groups in total. The molecule has 6 aromatic rings. The van der Waals surface area contributed by atoms with E-state index in [1.807, 2.05) is 25.1 Å². The molecule has 2 heterocycles. The Bertz CT molecular complexity index is 1890. The number of nitrogens with zero attached hydrogens (tertiary/aromatic N) is 2. The molecule has 2 aromatic heterocycles. The molecule has 0 spiro atoms. The fraction of sp³-hybridized carbons (Fsp3) is 0.147. The second-order valence-electron chi connectivity index (χ2n) is 10.2. The predicted molar refractivity (Wildman–Crippen MR) is 168 cm³/mol. The van der Waals surface area contributed by atoms with E-state index in [1.165, 1.54) is 11.8 Å². The maximum Gasteiger partial charge on any atom is 0.327 e. The maximum atomic E-state index is 12.5. The van der Waals surface area contributed by atoms with Crippen molar-refractivity contribution < 1.29 is 19.1 Å². The zero-order chi connectivity index (χ0) is 29.2. The molecule has 1 unspecified atom stereocenters. The molecule has 0 fully saturated rings. The first-order chi connectivity index (χ1) is 20.4. The van der Waals surface area contributed by atoms with Gasteiger partial charge in [-0.2, -0.15) is 16.9 Å². The zero-order valence-electron chi connectivity index (χ0n) is 23.2. The molecule has 0 saturated carbocycles. The quantitative estimate of drug-likeness (QED) is 0.191. The Hall–Kier alpha value is -4.82. The number of aromatic nitrogens is 2. The van der Waals surface area contributed by atoms with Gasteiger partial charge in [0.25, 0.3) is 5.91 Å². The number of thioether (sulfide) groups is 1. The van der Waals surface area contributed by atoms with Crippen molar-refractivity contribution in [1.29, 1.82) is 0 Å². The number of carbonyl (C=O) groups is 2. The Morgan fingerprint density at radius 2 is 1.57 bits per heavy atom. The van der Waals surface area contributed by atoms with E-state index >= 15 is 0 Å². The van der Waals surface area contributed by atoms with Crippen LogP contribution in [0.1, 0.15) is 21.7 Å². The van der Waals surface area contributed by atoms with Crippen LogP contribution in [-0.2, 0) is 17.6 Å². The number of carbonyl (C=O) groups excluding carboxylic acids is 1. The van der Waals surface area contributed by atoms with Crippen LogP contribution in [0.25, 0.3) is 44.2 Å². The standard InChI is InChI=1S/C34H29N3O4S/c1-21-18-29(36-37(21)2)33(38)35-30(34(39)40)20-42-19-22-10-12-23(13-11-22)24-14-16-25(17-15-24)26-7-5-8-28-27-6-3-4-9-31(27)41-32(26)28/h3-18,30H,19-20H2,1-2H3,(H,35,38)(H,39,40). The third-order valence-corrected chi connectivity index (χ3v) is 8.50. The lowest BCUT2D eigenvalue weighted by Crippen LogP contribution is -2.42. The average molecular weight is 576 g/mol. The third kappa shape index (κ3) is 5.53. The summed E-state index contributed by atoms with van der Waals surface area (Å²) in [6.45, 7) is 1.83. The van der Waals surface area contributed by atoms with Gasteiger partial charge in [-0.05, 0) is 41.3 Å². The summed E-state index contributed by atoms with van der Waals surface area (Å²) in [7, 11) is 1.74.